The molecule has 1 aliphatic heterocycles. The largest absolute Gasteiger partial charge is 0.370 e. The minimum atomic E-state index is -0.338. The zero-order valence-corrected chi connectivity index (χ0v) is 11.7. The Balaban J connectivity index is 2.17. The van der Waals surface area contributed by atoms with E-state index in [0.717, 1.165) is 37.5 Å². The van der Waals surface area contributed by atoms with Gasteiger partial charge in [0, 0.05) is 13.1 Å². The van der Waals surface area contributed by atoms with Gasteiger partial charge in [0.15, 0.2) is 0 Å². The maximum atomic E-state index is 13.2. The Morgan fingerprint density at radius 3 is 2.79 bits per heavy atom. The van der Waals surface area contributed by atoms with Crippen molar-refractivity contribution in [1.29, 1.82) is 5.26 Å². The fourth-order valence-corrected chi connectivity index (χ4v) is 2.90. The van der Waals surface area contributed by atoms with Gasteiger partial charge in [0.2, 0.25) is 0 Å². The first-order chi connectivity index (χ1) is 9.11. The maximum absolute atomic E-state index is 13.2. The van der Waals surface area contributed by atoms with Crippen LogP contribution in [-0.2, 0) is 0 Å². The van der Waals surface area contributed by atoms with Crippen LogP contribution in [0, 0.1) is 29.0 Å². The van der Waals surface area contributed by atoms with Crippen LogP contribution in [0.25, 0.3) is 0 Å². The number of nitriles is 1. The molecule has 3 heteroatoms. The van der Waals surface area contributed by atoms with Gasteiger partial charge in [-0.05, 0) is 49.3 Å². The molecule has 0 N–H and O–H groups in total. The van der Waals surface area contributed by atoms with Crippen molar-refractivity contribution in [3.8, 4) is 6.07 Å². The lowest BCUT2D eigenvalue weighted by molar-refractivity contribution is 0.351. The van der Waals surface area contributed by atoms with Crippen molar-refractivity contribution in [1.82, 2.24) is 0 Å². The van der Waals surface area contributed by atoms with Gasteiger partial charge in [-0.15, -0.1) is 0 Å². The van der Waals surface area contributed by atoms with Crippen LogP contribution in [0.5, 0.6) is 0 Å². The van der Waals surface area contributed by atoms with Crippen molar-refractivity contribution in [2.75, 3.05) is 18.0 Å². The predicted octanol–water partition coefficient (Wildman–Crippen LogP) is 3.96. The van der Waals surface area contributed by atoms with Crippen molar-refractivity contribution in [2.24, 2.45) is 11.8 Å². The predicted molar refractivity (Wildman–Crippen MR) is 75.5 cm³/mol. The van der Waals surface area contributed by atoms with E-state index >= 15 is 0 Å². The number of anilines is 1. The van der Waals surface area contributed by atoms with Gasteiger partial charge >= 0.3 is 0 Å². The van der Waals surface area contributed by atoms with Crippen LogP contribution in [0.15, 0.2) is 18.2 Å². The van der Waals surface area contributed by atoms with Gasteiger partial charge in [0.1, 0.15) is 11.9 Å². The second kappa shape index (κ2) is 6.06. The number of hydrogen-bond donors (Lipinski definition) is 0. The first-order valence-corrected chi connectivity index (χ1v) is 7.06. The highest BCUT2D eigenvalue weighted by Crippen LogP contribution is 2.29. The molecular weight excluding hydrogens is 239 g/mol. The minimum absolute atomic E-state index is 0.338. The SMILES string of the molecule is CC(C)C1CCCN(c2ccc(F)cc2C#N)CC1. The second-order valence-electron chi connectivity index (χ2n) is 5.70. The van der Waals surface area contributed by atoms with Crippen LogP contribution >= 0.6 is 0 Å². The van der Waals surface area contributed by atoms with Crippen molar-refractivity contribution >= 4 is 5.69 Å². The van der Waals surface area contributed by atoms with Crippen molar-refractivity contribution < 1.29 is 4.39 Å². The topological polar surface area (TPSA) is 27.0 Å². The molecule has 0 spiro atoms. The first-order valence-electron chi connectivity index (χ1n) is 7.06. The van der Waals surface area contributed by atoms with Gasteiger partial charge in [-0.2, -0.15) is 5.26 Å². The molecule has 1 aromatic rings. The van der Waals surface area contributed by atoms with Crippen LogP contribution in [0.1, 0.15) is 38.7 Å². The molecule has 0 radical (unpaired) electrons. The third kappa shape index (κ3) is 3.26. The molecule has 0 bridgehead atoms. The van der Waals surface area contributed by atoms with E-state index in [0.29, 0.717) is 11.5 Å². The van der Waals surface area contributed by atoms with Crippen molar-refractivity contribution in [3.63, 3.8) is 0 Å². The third-order valence-electron chi connectivity index (χ3n) is 4.14. The summed E-state index contributed by atoms with van der Waals surface area (Å²) in [5, 5.41) is 9.14. The van der Waals surface area contributed by atoms with Crippen LogP contribution in [0.3, 0.4) is 0 Å². The Hall–Kier alpha value is -1.56. The second-order valence-corrected chi connectivity index (χ2v) is 5.70. The standard InChI is InChI=1S/C16H21FN2/c1-12(2)13-4-3-8-19(9-7-13)16-6-5-15(17)10-14(16)11-18/h5-6,10,12-13H,3-4,7-9H2,1-2H3. The molecule has 0 aromatic heterocycles. The van der Waals surface area contributed by atoms with Crippen LogP contribution in [0.2, 0.25) is 0 Å². The molecule has 1 heterocycles. The summed E-state index contributed by atoms with van der Waals surface area (Å²) in [6.45, 7) is 6.48. The highest BCUT2D eigenvalue weighted by molar-refractivity contribution is 5.59. The molecule has 1 aromatic carbocycles. The highest BCUT2D eigenvalue weighted by Gasteiger charge is 2.21. The normalized spacial score (nSPS) is 20.2. The highest BCUT2D eigenvalue weighted by atomic mass is 19.1. The number of rotatable bonds is 2. The Bertz CT molecular complexity index is 476. The van der Waals surface area contributed by atoms with Crippen molar-refractivity contribution in [3.05, 3.63) is 29.6 Å². The molecule has 1 unspecified atom stereocenters. The molecule has 0 saturated carbocycles. The lowest BCUT2D eigenvalue weighted by Crippen LogP contribution is -2.25. The molecule has 2 nitrogen and oxygen atoms in total. The lowest BCUT2D eigenvalue weighted by Gasteiger charge is -2.24. The molecule has 0 amide bonds. The summed E-state index contributed by atoms with van der Waals surface area (Å²) >= 11 is 0. The Kier molecular flexibility index (Phi) is 4.42. The van der Waals surface area contributed by atoms with E-state index in [9.17, 15) is 4.39 Å². The summed E-state index contributed by atoms with van der Waals surface area (Å²) in [6, 6.07) is 6.62. The fourth-order valence-electron chi connectivity index (χ4n) is 2.90. The maximum Gasteiger partial charge on any atom is 0.124 e. The lowest BCUT2D eigenvalue weighted by atomic mass is 9.89. The van der Waals surface area contributed by atoms with Gasteiger partial charge in [-0.1, -0.05) is 13.8 Å². The van der Waals surface area contributed by atoms with Gasteiger partial charge in [-0.3, -0.25) is 0 Å². The summed E-state index contributed by atoms with van der Waals surface area (Å²) in [5.41, 5.74) is 1.33. The Morgan fingerprint density at radius 2 is 2.11 bits per heavy atom. The Labute approximate surface area is 114 Å². The average molecular weight is 260 g/mol. The summed E-state index contributed by atoms with van der Waals surface area (Å²) in [6.07, 6.45) is 3.54. The van der Waals surface area contributed by atoms with Gasteiger partial charge in [-0.25, -0.2) is 4.39 Å². The van der Waals surface area contributed by atoms with Crippen molar-refractivity contribution in [2.45, 2.75) is 33.1 Å². The van der Waals surface area contributed by atoms with Crippen LogP contribution in [0.4, 0.5) is 10.1 Å². The van der Waals surface area contributed by atoms with Gasteiger partial charge in [0.05, 0.1) is 11.3 Å². The molecular formula is C16H21FN2. The number of benzene rings is 1. The zero-order chi connectivity index (χ0) is 13.8. The minimum Gasteiger partial charge on any atom is -0.370 e. The van der Waals surface area contributed by atoms with Crippen LogP contribution in [-0.4, -0.2) is 13.1 Å². The monoisotopic (exact) mass is 260 g/mol. The number of halogens is 1. The van der Waals surface area contributed by atoms with Gasteiger partial charge < -0.3 is 4.90 Å². The smallest absolute Gasteiger partial charge is 0.124 e. The molecule has 1 saturated heterocycles. The molecule has 1 aliphatic rings. The van der Waals surface area contributed by atoms with E-state index in [1.165, 1.54) is 18.6 Å². The molecule has 1 fully saturated rings. The first kappa shape index (κ1) is 13.9. The number of hydrogen-bond acceptors (Lipinski definition) is 2. The van der Waals surface area contributed by atoms with E-state index in [2.05, 4.69) is 24.8 Å². The van der Waals surface area contributed by atoms with E-state index < -0.39 is 0 Å². The summed E-state index contributed by atoms with van der Waals surface area (Å²) in [4.78, 5) is 2.24. The Morgan fingerprint density at radius 1 is 1.32 bits per heavy atom. The zero-order valence-electron chi connectivity index (χ0n) is 11.7. The molecule has 19 heavy (non-hydrogen) atoms. The summed E-state index contributed by atoms with van der Waals surface area (Å²) in [7, 11) is 0. The van der Waals surface area contributed by atoms with E-state index in [1.54, 1.807) is 6.07 Å². The average Bonchev–Trinajstić information content (AvgIpc) is 2.64. The third-order valence-corrected chi connectivity index (χ3v) is 4.14. The quantitative estimate of drug-likeness (QED) is 0.804. The molecule has 2 rings (SSSR count). The fraction of sp³-hybridized carbons (Fsp3) is 0.562. The summed E-state index contributed by atoms with van der Waals surface area (Å²) in [5.74, 6) is 1.13. The van der Waals surface area contributed by atoms with E-state index in [4.69, 9.17) is 5.26 Å². The van der Waals surface area contributed by atoms with E-state index in [-0.39, 0.29) is 5.82 Å². The number of nitrogens with zero attached hydrogens (tertiary/aromatic N) is 2. The summed E-state index contributed by atoms with van der Waals surface area (Å²) < 4.78 is 13.2. The van der Waals surface area contributed by atoms with Crippen LogP contribution < -0.4 is 4.90 Å². The molecule has 0 aliphatic carbocycles. The van der Waals surface area contributed by atoms with Gasteiger partial charge in [0.25, 0.3) is 0 Å². The molecule has 1 atom stereocenters. The molecule has 102 valence electrons. The van der Waals surface area contributed by atoms with E-state index in [1.807, 2.05) is 0 Å².